The van der Waals surface area contributed by atoms with Crippen LogP contribution in [0.15, 0.2) is 48.5 Å². The molecule has 5 nitrogen and oxygen atoms in total. The number of rotatable bonds is 6. The van der Waals surface area contributed by atoms with Crippen LogP contribution >= 0.6 is 0 Å². The molecule has 2 aromatic carbocycles. The first-order valence-electron chi connectivity index (χ1n) is 8.89. The number of aromatic nitrogens is 1. The molecule has 0 bridgehead atoms. The molecule has 2 N–H and O–H groups in total. The predicted molar refractivity (Wildman–Crippen MR) is 103 cm³/mol. The summed E-state index contributed by atoms with van der Waals surface area (Å²) in [6.07, 6.45) is -3.96. The molecule has 3 aromatic rings. The van der Waals surface area contributed by atoms with Crippen LogP contribution in [0.5, 0.6) is 5.75 Å². The molecule has 0 saturated heterocycles. The first-order chi connectivity index (χ1) is 13.8. The van der Waals surface area contributed by atoms with E-state index in [4.69, 9.17) is 9.84 Å². The van der Waals surface area contributed by atoms with E-state index in [0.29, 0.717) is 46.4 Å². The molecule has 152 valence electrons. The Labute approximate surface area is 165 Å². The van der Waals surface area contributed by atoms with Gasteiger partial charge in [0.05, 0.1) is 23.9 Å². The number of amides is 1. The minimum absolute atomic E-state index is 0.0206. The lowest BCUT2D eigenvalue weighted by molar-refractivity contribution is -0.137. The Bertz CT molecular complexity index is 1020. The van der Waals surface area contributed by atoms with Crippen LogP contribution < -0.4 is 10.1 Å². The Morgan fingerprint density at radius 2 is 1.86 bits per heavy atom. The standard InChI is InChI=1S/C21H19F3N2O3/c1-29-19-12-17(13-3-6-15(7-4-13)21(22,23)24)26-18-11-14(5-8-16(18)19)20(28)25-9-2-10-27/h3-8,11-12,27H,2,9-10H2,1H3,(H,25,28). The number of carbonyl (C=O) groups is 1. The summed E-state index contributed by atoms with van der Waals surface area (Å²) < 4.78 is 43.8. The SMILES string of the molecule is COc1cc(-c2ccc(C(F)(F)F)cc2)nc2cc(C(=O)NCCCO)ccc12. The van der Waals surface area contributed by atoms with E-state index in [-0.39, 0.29) is 12.5 Å². The van der Waals surface area contributed by atoms with Crippen molar-refractivity contribution in [2.45, 2.75) is 12.6 Å². The summed E-state index contributed by atoms with van der Waals surface area (Å²) in [5.74, 6) is 0.193. The van der Waals surface area contributed by atoms with E-state index in [0.717, 1.165) is 12.1 Å². The summed E-state index contributed by atoms with van der Waals surface area (Å²) in [6, 6.07) is 11.3. The second-order valence-electron chi connectivity index (χ2n) is 6.35. The molecule has 0 saturated carbocycles. The monoisotopic (exact) mass is 404 g/mol. The van der Waals surface area contributed by atoms with Gasteiger partial charge in [-0.05, 0) is 36.8 Å². The largest absolute Gasteiger partial charge is 0.496 e. The number of aliphatic hydroxyl groups is 1. The topological polar surface area (TPSA) is 71.5 Å². The van der Waals surface area contributed by atoms with Crippen molar-refractivity contribution in [2.24, 2.45) is 0 Å². The number of halogens is 3. The molecule has 29 heavy (non-hydrogen) atoms. The quantitative estimate of drug-likeness (QED) is 0.609. The van der Waals surface area contributed by atoms with Gasteiger partial charge in [0.25, 0.3) is 5.91 Å². The highest BCUT2D eigenvalue weighted by atomic mass is 19.4. The zero-order chi connectivity index (χ0) is 21.0. The van der Waals surface area contributed by atoms with Crippen molar-refractivity contribution < 1.29 is 27.8 Å². The molecule has 0 aliphatic heterocycles. The lowest BCUT2D eigenvalue weighted by Crippen LogP contribution is -2.24. The van der Waals surface area contributed by atoms with Crippen molar-refractivity contribution >= 4 is 16.8 Å². The van der Waals surface area contributed by atoms with Gasteiger partial charge in [-0.3, -0.25) is 4.79 Å². The van der Waals surface area contributed by atoms with E-state index < -0.39 is 11.7 Å². The van der Waals surface area contributed by atoms with Crippen LogP contribution in [0.2, 0.25) is 0 Å². The lowest BCUT2D eigenvalue weighted by Gasteiger charge is -2.11. The summed E-state index contributed by atoms with van der Waals surface area (Å²) in [5.41, 5.74) is 1.05. The van der Waals surface area contributed by atoms with Gasteiger partial charge in [-0.25, -0.2) is 4.98 Å². The molecule has 0 spiro atoms. The second kappa shape index (κ2) is 8.48. The number of carbonyl (C=O) groups excluding carboxylic acids is 1. The van der Waals surface area contributed by atoms with Crippen molar-refractivity contribution in [3.05, 3.63) is 59.7 Å². The number of benzene rings is 2. The maximum Gasteiger partial charge on any atom is 0.416 e. The van der Waals surface area contributed by atoms with E-state index >= 15 is 0 Å². The number of aliphatic hydroxyl groups excluding tert-OH is 1. The third-order valence-electron chi connectivity index (χ3n) is 4.38. The molecule has 1 heterocycles. The number of nitrogens with zero attached hydrogens (tertiary/aromatic N) is 1. The van der Waals surface area contributed by atoms with Gasteiger partial charge in [0.2, 0.25) is 0 Å². The molecule has 1 amide bonds. The maximum atomic E-state index is 12.8. The number of hydrogen-bond donors (Lipinski definition) is 2. The van der Waals surface area contributed by atoms with Gasteiger partial charge < -0.3 is 15.2 Å². The van der Waals surface area contributed by atoms with Crippen LogP contribution in [-0.4, -0.2) is 36.3 Å². The van der Waals surface area contributed by atoms with E-state index in [2.05, 4.69) is 10.3 Å². The zero-order valence-corrected chi connectivity index (χ0v) is 15.6. The van der Waals surface area contributed by atoms with Gasteiger partial charge in [-0.15, -0.1) is 0 Å². The summed E-state index contributed by atoms with van der Waals surface area (Å²) >= 11 is 0. The van der Waals surface area contributed by atoms with Gasteiger partial charge in [-0.2, -0.15) is 13.2 Å². The van der Waals surface area contributed by atoms with Crippen molar-refractivity contribution in [1.29, 1.82) is 0 Å². The average Bonchev–Trinajstić information content (AvgIpc) is 2.72. The van der Waals surface area contributed by atoms with Crippen LogP contribution in [0, 0.1) is 0 Å². The molecular formula is C21H19F3N2O3. The molecular weight excluding hydrogens is 385 g/mol. The van der Waals surface area contributed by atoms with Crippen LogP contribution in [-0.2, 0) is 6.18 Å². The number of nitrogens with one attached hydrogen (secondary N) is 1. The van der Waals surface area contributed by atoms with Gasteiger partial charge in [-0.1, -0.05) is 12.1 Å². The van der Waals surface area contributed by atoms with Crippen molar-refractivity contribution in [1.82, 2.24) is 10.3 Å². The van der Waals surface area contributed by atoms with Crippen LogP contribution in [0.4, 0.5) is 13.2 Å². The second-order valence-corrected chi connectivity index (χ2v) is 6.35. The fourth-order valence-corrected chi connectivity index (χ4v) is 2.87. The molecule has 3 rings (SSSR count). The molecule has 0 fully saturated rings. The Morgan fingerprint density at radius 3 is 2.48 bits per heavy atom. The number of alkyl halides is 3. The lowest BCUT2D eigenvalue weighted by atomic mass is 10.0. The van der Waals surface area contributed by atoms with Gasteiger partial charge in [0, 0.05) is 35.7 Å². The summed E-state index contributed by atoms with van der Waals surface area (Å²) in [5, 5.41) is 12.2. The van der Waals surface area contributed by atoms with Gasteiger partial charge in [0.1, 0.15) is 5.75 Å². The van der Waals surface area contributed by atoms with E-state index in [1.54, 1.807) is 24.3 Å². The third-order valence-corrected chi connectivity index (χ3v) is 4.38. The average molecular weight is 404 g/mol. The number of methoxy groups -OCH3 is 1. The van der Waals surface area contributed by atoms with Gasteiger partial charge >= 0.3 is 6.18 Å². The molecule has 0 atom stereocenters. The normalized spacial score (nSPS) is 11.5. The Kier molecular flexibility index (Phi) is 6.03. The molecule has 0 unspecified atom stereocenters. The molecule has 1 aromatic heterocycles. The molecule has 0 radical (unpaired) electrons. The van der Waals surface area contributed by atoms with Crippen LogP contribution in [0.1, 0.15) is 22.3 Å². The number of hydrogen-bond acceptors (Lipinski definition) is 4. The maximum absolute atomic E-state index is 12.8. The minimum Gasteiger partial charge on any atom is -0.496 e. The molecule has 8 heteroatoms. The fraction of sp³-hybridized carbons (Fsp3) is 0.238. The number of pyridine rings is 1. The first kappa shape index (κ1) is 20.6. The minimum atomic E-state index is -4.41. The molecule has 0 aliphatic carbocycles. The molecule has 0 aliphatic rings. The van der Waals surface area contributed by atoms with Gasteiger partial charge in [0.15, 0.2) is 0 Å². The summed E-state index contributed by atoms with van der Waals surface area (Å²) in [7, 11) is 1.49. The van der Waals surface area contributed by atoms with Crippen molar-refractivity contribution in [3.63, 3.8) is 0 Å². The van der Waals surface area contributed by atoms with Crippen LogP contribution in [0.25, 0.3) is 22.2 Å². The fourth-order valence-electron chi connectivity index (χ4n) is 2.87. The van der Waals surface area contributed by atoms with E-state index in [9.17, 15) is 18.0 Å². The Hall–Kier alpha value is -3.13. The third kappa shape index (κ3) is 4.65. The number of fused-ring (bicyclic) bond motifs is 1. The van der Waals surface area contributed by atoms with E-state index in [1.807, 2.05) is 0 Å². The predicted octanol–water partition coefficient (Wildman–Crippen LogP) is 4.04. The highest BCUT2D eigenvalue weighted by molar-refractivity contribution is 5.99. The highest BCUT2D eigenvalue weighted by Gasteiger charge is 2.30. The van der Waals surface area contributed by atoms with Crippen molar-refractivity contribution in [3.8, 4) is 17.0 Å². The van der Waals surface area contributed by atoms with Crippen LogP contribution in [0.3, 0.4) is 0 Å². The Morgan fingerprint density at radius 1 is 1.14 bits per heavy atom. The number of ether oxygens (including phenoxy) is 1. The summed E-state index contributed by atoms with van der Waals surface area (Å²) in [4.78, 5) is 16.7. The smallest absolute Gasteiger partial charge is 0.416 e. The van der Waals surface area contributed by atoms with E-state index in [1.165, 1.54) is 19.2 Å². The Balaban J connectivity index is 1.99. The summed E-state index contributed by atoms with van der Waals surface area (Å²) in [6.45, 7) is 0.322. The highest BCUT2D eigenvalue weighted by Crippen LogP contribution is 2.33. The zero-order valence-electron chi connectivity index (χ0n) is 15.6. The van der Waals surface area contributed by atoms with Crippen molar-refractivity contribution in [2.75, 3.05) is 20.3 Å². The first-order valence-corrected chi connectivity index (χ1v) is 8.89.